The third kappa shape index (κ3) is 2.52. The van der Waals surface area contributed by atoms with E-state index in [0.717, 1.165) is 5.56 Å². The molecule has 1 aromatic rings. The van der Waals surface area contributed by atoms with E-state index in [2.05, 4.69) is 12.2 Å². The molecule has 0 radical (unpaired) electrons. The number of hydrogen-bond donors (Lipinski definition) is 1. The van der Waals surface area contributed by atoms with Crippen molar-refractivity contribution in [2.24, 2.45) is 0 Å². The Balaban J connectivity index is 2.86. The first-order valence-electron chi connectivity index (χ1n) is 3.10. The van der Waals surface area contributed by atoms with Crippen molar-refractivity contribution in [3.8, 4) is 5.75 Å². The minimum Gasteiger partial charge on any atom is -0.245 e. The average Bonchev–Trinajstić information content (AvgIpc) is 1.93. The van der Waals surface area contributed by atoms with Gasteiger partial charge < -0.3 is 0 Å². The Kier molecular flexibility index (Phi) is 2.92. The lowest BCUT2D eigenvalue weighted by molar-refractivity contribution is 0.519. The van der Waals surface area contributed by atoms with E-state index >= 15 is 0 Å². The summed E-state index contributed by atoms with van der Waals surface area (Å²) in [5, 5.41) is 0. The highest BCUT2D eigenvalue weighted by Crippen LogP contribution is 2.31. The summed E-state index contributed by atoms with van der Waals surface area (Å²) in [6.45, 7) is 1.89. The van der Waals surface area contributed by atoms with E-state index in [-0.39, 0.29) is 0 Å². The quantitative estimate of drug-likeness (QED) is 0.569. The summed E-state index contributed by atoms with van der Waals surface area (Å²) in [6, 6.07) is 7.38. The van der Waals surface area contributed by atoms with Gasteiger partial charge in [0.2, 0.25) is 0 Å². The van der Waals surface area contributed by atoms with Crippen molar-refractivity contribution in [2.45, 2.75) is 6.92 Å². The number of thiol groups is 1. The van der Waals surface area contributed by atoms with Crippen LogP contribution < -0.4 is 4.52 Å². The van der Waals surface area contributed by atoms with Crippen LogP contribution in [0.25, 0.3) is 0 Å². The molecule has 0 fully saturated rings. The molecule has 1 atom stereocenters. The van der Waals surface area contributed by atoms with Crippen LogP contribution in [-0.4, -0.2) is 0 Å². The van der Waals surface area contributed by atoms with E-state index in [1.807, 2.05) is 25.1 Å². The molecule has 0 saturated heterocycles. The molecule has 2 nitrogen and oxygen atoms in total. The van der Waals surface area contributed by atoms with Gasteiger partial charge in [0.15, 0.2) is 18.0 Å². The van der Waals surface area contributed by atoms with Gasteiger partial charge in [-0.2, -0.15) is 0 Å². The molecule has 0 aliphatic carbocycles. The molecular formula is C7H8O2PS+. The van der Waals surface area contributed by atoms with E-state index in [0.29, 0.717) is 5.75 Å². The van der Waals surface area contributed by atoms with E-state index < -0.39 is 7.23 Å². The molecule has 1 rings (SSSR count). The van der Waals surface area contributed by atoms with Crippen LogP contribution in [0.3, 0.4) is 0 Å². The number of aryl methyl sites for hydroxylation is 1. The van der Waals surface area contributed by atoms with Gasteiger partial charge in [-0.25, -0.2) is 4.52 Å². The number of hydrogen-bond acceptors (Lipinski definition) is 2. The molecular weight excluding hydrogens is 179 g/mol. The highest BCUT2D eigenvalue weighted by atomic mass is 32.7. The van der Waals surface area contributed by atoms with Gasteiger partial charge in [0, 0.05) is 0 Å². The van der Waals surface area contributed by atoms with Gasteiger partial charge in [-0.3, -0.25) is 0 Å². The molecule has 58 valence electrons. The van der Waals surface area contributed by atoms with Gasteiger partial charge >= 0.3 is 7.23 Å². The topological polar surface area (TPSA) is 26.3 Å². The standard InChI is InChI=1S/C7H7O2PS/c1-6-4-2-3-5-7(6)9-10(8)11/h2-5H,1H3/p+1. The summed E-state index contributed by atoms with van der Waals surface area (Å²) in [5.41, 5.74) is 0.963. The predicted octanol–water partition coefficient (Wildman–Crippen LogP) is 2.96. The number of rotatable bonds is 2. The van der Waals surface area contributed by atoms with Crippen LogP contribution in [0.4, 0.5) is 0 Å². The van der Waals surface area contributed by atoms with Gasteiger partial charge in [-0.05, 0) is 23.1 Å². The smallest absolute Gasteiger partial charge is 0.245 e. The fourth-order valence-electron chi connectivity index (χ4n) is 0.743. The van der Waals surface area contributed by atoms with Crippen molar-refractivity contribution < 1.29 is 9.09 Å². The monoisotopic (exact) mass is 187 g/mol. The first-order valence-corrected chi connectivity index (χ1v) is 5.43. The normalized spacial score (nSPS) is 10.9. The minimum atomic E-state index is -1.85. The highest BCUT2D eigenvalue weighted by Gasteiger charge is 2.12. The second-order valence-electron chi connectivity index (χ2n) is 2.09. The largest absolute Gasteiger partial charge is 0.631 e. The van der Waals surface area contributed by atoms with Gasteiger partial charge in [0.25, 0.3) is 0 Å². The lowest BCUT2D eigenvalue weighted by Crippen LogP contribution is -1.80. The summed E-state index contributed by atoms with van der Waals surface area (Å²) < 4.78 is 15.5. The van der Waals surface area contributed by atoms with Crippen molar-refractivity contribution in [3.05, 3.63) is 29.8 Å². The van der Waals surface area contributed by atoms with Crippen molar-refractivity contribution in [3.63, 3.8) is 0 Å². The molecule has 11 heavy (non-hydrogen) atoms. The third-order valence-electron chi connectivity index (χ3n) is 1.27. The molecule has 0 N–H and O–H groups in total. The molecule has 0 aliphatic heterocycles. The Bertz CT molecular complexity index is 275. The third-order valence-corrected chi connectivity index (χ3v) is 1.87. The molecule has 0 bridgehead atoms. The Morgan fingerprint density at radius 1 is 1.45 bits per heavy atom. The van der Waals surface area contributed by atoms with Crippen LogP contribution in [0, 0.1) is 6.92 Å². The van der Waals surface area contributed by atoms with Crippen molar-refractivity contribution >= 4 is 19.5 Å². The van der Waals surface area contributed by atoms with Crippen LogP contribution in [0.2, 0.25) is 0 Å². The minimum absolute atomic E-state index is 0.628. The van der Waals surface area contributed by atoms with Crippen LogP contribution in [0.1, 0.15) is 5.56 Å². The van der Waals surface area contributed by atoms with E-state index in [1.165, 1.54) is 0 Å². The number of benzene rings is 1. The van der Waals surface area contributed by atoms with Crippen LogP contribution in [0.5, 0.6) is 5.75 Å². The fourth-order valence-corrected chi connectivity index (χ4v) is 1.38. The van der Waals surface area contributed by atoms with Crippen molar-refractivity contribution in [1.29, 1.82) is 0 Å². The maximum absolute atomic E-state index is 10.6. The Labute approximate surface area is 71.6 Å². The van der Waals surface area contributed by atoms with Crippen molar-refractivity contribution in [2.75, 3.05) is 0 Å². The summed E-state index contributed by atoms with van der Waals surface area (Å²) in [7, 11) is -1.85. The number of para-hydroxylation sites is 1. The SMILES string of the molecule is Cc1ccccc1O[P+](=O)S. The molecule has 1 unspecified atom stereocenters. The van der Waals surface area contributed by atoms with E-state index in [4.69, 9.17) is 4.52 Å². The van der Waals surface area contributed by atoms with Crippen LogP contribution >= 0.6 is 19.5 Å². The molecule has 0 saturated carbocycles. The molecule has 0 aromatic heterocycles. The Morgan fingerprint density at radius 3 is 2.64 bits per heavy atom. The molecule has 0 spiro atoms. The van der Waals surface area contributed by atoms with Gasteiger partial charge in [0.05, 0.1) is 0 Å². The van der Waals surface area contributed by atoms with E-state index in [1.54, 1.807) is 6.07 Å². The summed E-state index contributed by atoms with van der Waals surface area (Å²) in [5.74, 6) is 0.628. The second-order valence-corrected chi connectivity index (χ2v) is 3.73. The summed E-state index contributed by atoms with van der Waals surface area (Å²) >= 11 is 3.64. The van der Waals surface area contributed by atoms with Gasteiger partial charge in [-0.1, -0.05) is 18.2 Å². The summed E-state index contributed by atoms with van der Waals surface area (Å²) in [6.07, 6.45) is 0. The van der Waals surface area contributed by atoms with Crippen LogP contribution in [-0.2, 0) is 4.57 Å². The average molecular weight is 187 g/mol. The maximum atomic E-state index is 10.6. The zero-order valence-electron chi connectivity index (χ0n) is 6.02. The molecule has 0 amide bonds. The van der Waals surface area contributed by atoms with Gasteiger partial charge in [0.1, 0.15) is 0 Å². The zero-order valence-corrected chi connectivity index (χ0v) is 7.81. The second kappa shape index (κ2) is 3.74. The predicted molar refractivity (Wildman–Crippen MR) is 48.4 cm³/mol. The molecule has 4 heteroatoms. The lowest BCUT2D eigenvalue weighted by atomic mass is 10.2. The Morgan fingerprint density at radius 2 is 2.09 bits per heavy atom. The molecule has 1 aromatic carbocycles. The lowest BCUT2D eigenvalue weighted by Gasteiger charge is -1.94. The maximum Gasteiger partial charge on any atom is 0.631 e. The van der Waals surface area contributed by atoms with Gasteiger partial charge in [-0.15, -0.1) is 0 Å². The fraction of sp³-hybridized carbons (Fsp3) is 0.143. The van der Waals surface area contributed by atoms with Crippen molar-refractivity contribution in [1.82, 2.24) is 0 Å². The first kappa shape index (κ1) is 8.57. The molecule has 0 aliphatic rings. The first-order chi connectivity index (χ1) is 5.20. The van der Waals surface area contributed by atoms with Crippen LogP contribution in [0.15, 0.2) is 24.3 Å². The zero-order chi connectivity index (χ0) is 8.27. The highest BCUT2D eigenvalue weighted by molar-refractivity contribution is 8.39. The van der Waals surface area contributed by atoms with E-state index in [9.17, 15) is 4.57 Å². The summed E-state index contributed by atoms with van der Waals surface area (Å²) in [4.78, 5) is 0. The Hall–Kier alpha value is -0.530. The molecule has 0 heterocycles.